The number of carbonyl (C=O) groups is 2. The zero-order valence-corrected chi connectivity index (χ0v) is 11.5. The van der Waals surface area contributed by atoms with Crippen LogP contribution in [0.2, 0.25) is 0 Å². The monoisotopic (exact) mass is 284 g/mol. The Bertz CT molecular complexity index is 693. The molecule has 0 radical (unpaired) electrons. The van der Waals surface area contributed by atoms with Crippen LogP contribution in [0.1, 0.15) is 5.56 Å². The van der Waals surface area contributed by atoms with Crippen molar-refractivity contribution in [3.8, 4) is 6.07 Å². The van der Waals surface area contributed by atoms with Gasteiger partial charge in [0.05, 0.1) is 18.9 Å². The fourth-order valence-electron chi connectivity index (χ4n) is 1.73. The molecule has 0 saturated carbocycles. The first-order chi connectivity index (χ1) is 10.0. The lowest BCUT2D eigenvalue weighted by Crippen LogP contribution is -2.10. The Balaban J connectivity index is 2.36. The van der Waals surface area contributed by atoms with Crippen LogP contribution < -0.4 is 5.32 Å². The van der Waals surface area contributed by atoms with Crippen LogP contribution in [-0.2, 0) is 19.1 Å². The van der Waals surface area contributed by atoms with Crippen LogP contribution in [0.3, 0.4) is 0 Å². The number of aryl methyl sites for hydroxylation is 1. The molecule has 0 spiro atoms. The predicted octanol–water partition coefficient (Wildman–Crippen LogP) is 1.80. The summed E-state index contributed by atoms with van der Waals surface area (Å²) < 4.78 is 9.41. The van der Waals surface area contributed by atoms with Gasteiger partial charge in [0.1, 0.15) is 6.07 Å². The van der Waals surface area contributed by atoms with Gasteiger partial charge < -0.3 is 14.8 Å². The highest BCUT2D eigenvalue weighted by molar-refractivity contribution is 5.98. The third kappa shape index (κ3) is 3.09. The predicted molar refractivity (Wildman–Crippen MR) is 73.6 cm³/mol. The first-order valence-corrected chi connectivity index (χ1v) is 6.05. The minimum absolute atomic E-state index is 0.130. The molecule has 6 nitrogen and oxygen atoms in total. The molecule has 0 unspecified atom stereocenters. The highest BCUT2D eigenvalue weighted by Gasteiger charge is 2.28. The minimum Gasteiger partial charge on any atom is -0.465 e. The van der Waals surface area contributed by atoms with E-state index < -0.39 is 11.9 Å². The van der Waals surface area contributed by atoms with Crippen LogP contribution in [0.25, 0.3) is 0 Å². The summed E-state index contributed by atoms with van der Waals surface area (Å²) in [5.41, 5.74) is 1.65. The minimum atomic E-state index is -0.862. The van der Waals surface area contributed by atoms with Crippen molar-refractivity contribution < 1.29 is 19.1 Å². The molecule has 0 amide bonds. The van der Waals surface area contributed by atoms with Gasteiger partial charge in [0.25, 0.3) is 0 Å². The van der Waals surface area contributed by atoms with E-state index in [4.69, 9.17) is 10.00 Å². The molecule has 0 atom stereocenters. The molecule has 6 heteroatoms. The molecule has 1 aliphatic heterocycles. The molecule has 1 aromatic carbocycles. The third-order valence-electron chi connectivity index (χ3n) is 2.77. The fraction of sp³-hybridized carbons (Fsp3) is 0.133. The van der Waals surface area contributed by atoms with Gasteiger partial charge in [-0.25, -0.2) is 9.59 Å². The van der Waals surface area contributed by atoms with Gasteiger partial charge in [0.2, 0.25) is 0 Å². The number of hydrogen-bond donors (Lipinski definition) is 1. The van der Waals surface area contributed by atoms with Gasteiger partial charge in [0.15, 0.2) is 11.3 Å². The SMILES string of the molecule is COC(=O)/C(C#N)=C1\OC(=O)C=C1Nc1ccc(C)cc1. The summed E-state index contributed by atoms with van der Waals surface area (Å²) in [6.45, 7) is 1.95. The van der Waals surface area contributed by atoms with E-state index in [0.29, 0.717) is 5.69 Å². The molecular formula is C15H12N2O4. The van der Waals surface area contributed by atoms with Crippen molar-refractivity contribution in [3.63, 3.8) is 0 Å². The van der Waals surface area contributed by atoms with Crippen molar-refractivity contribution in [1.29, 1.82) is 5.26 Å². The summed E-state index contributed by atoms with van der Waals surface area (Å²) in [6, 6.07) is 9.07. The number of benzene rings is 1. The van der Waals surface area contributed by atoms with E-state index in [9.17, 15) is 9.59 Å². The second kappa shape index (κ2) is 5.92. The molecule has 1 aromatic rings. The Morgan fingerprint density at radius 3 is 2.57 bits per heavy atom. The number of methoxy groups -OCH3 is 1. The molecule has 0 bridgehead atoms. The normalized spacial score (nSPS) is 15.7. The zero-order chi connectivity index (χ0) is 15.4. The van der Waals surface area contributed by atoms with E-state index >= 15 is 0 Å². The lowest BCUT2D eigenvalue weighted by molar-refractivity contribution is -0.136. The Morgan fingerprint density at radius 1 is 1.33 bits per heavy atom. The largest absolute Gasteiger partial charge is 0.465 e. The highest BCUT2D eigenvalue weighted by Crippen LogP contribution is 2.25. The molecule has 0 saturated heterocycles. The van der Waals surface area contributed by atoms with Gasteiger partial charge in [-0.2, -0.15) is 5.26 Å². The Kier molecular flexibility index (Phi) is 4.05. The van der Waals surface area contributed by atoms with E-state index in [-0.39, 0.29) is 17.0 Å². The summed E-state index contributed by atoms with van der Waals surface area (Å²) >= 11 is 0. The molecule has 2 rings (SSSR count). The second-order valence-corrected chi connectivity index (χ2v) is 4.28. The van der Waals surface area contributed by atoms with Crippen LogP contribution in [0.4, 0.5) is 5.69 Å². The van der Waals surface area contributed by atoms with E-state index in [1.54, 1.807) is 18.2 Å². The van der Waals surface area contributed by atoms with Gasteiger partial charge in [0, 0.05) is 5.69 Å². The molecular weight excluding hydrogens is 272 g/mol. The summed E-state index contributed by atoms with van der Waals surface area (Å²) in [7, 11) is 1.15. The van der Waals surface area contributed by atoms with E-state index in [2.05, 4.69) is 10.1 Å². The molecule has 0 fully saturated rings. The van der Waals surface area contributed by atoms with Crippen molar-refractivity contribution in [2.45, 2.75) is 6.92 Å². The fourth-order valence-corrected chi connectivity index (χ4v) is 1.73. The van der Waals surface area contributed by atoms with Gasteiger partial charge >= 0.3 is 11.9 Å². The number of rotatable bonds is 3. The summed E-state index contributed by atoms with van der Waals surface area (Å²) in [5.74, 6) is -1.65. The van der Waals surface area contributed by atoms with Crippen molar-refractivity contribution in [2.75, 3.05) is 12.4 Å². The Labute approximate surface area is 121 Å². The van der Waals surface area contributed by atoms with Gasteiger partial charge in [-0.05, 0) is 19.1 Å². The number of carbonyl (C=O) groups excluding carboxylic acids is 2. The van der Waals surface area contributed by atoms with Gasteiger partial charge in [-0.1, -0.05) is 17.7 Å². The maximum Gasteiger partial charge on any atom is 0.352 e. The number of cyclic esters (lactones) is 1. The van der Waals surface area contributed by atoms with Crippen LogP contribution in [0.5, 0.6) is 0 Å². The Hall–Kier alpha value is -3.07. The molecule has 0 aromatic heterocycles. The lowest BCUT2D eigenvalue weighted by Gasteiger charge is -2.09. The number of nitrogens with zero attached hydrogens (tertiary/aromatic N) is 1. The number of esters is 2. The molecule has 1 aliphatic rings. The van der Waals surface area contributed by atoms with E-state index in [1.165, 1.54) is 6.08 Å². The standard InChI is InChI=1S/C15H12N2O4/c1-9-3-5-10(6-4-9)17-12-7-13(18)21-14(12)11(8-16)15(19)20-2/h3-7,17H,1-2H3/b14-11-. The maximum atomic E-state index is 11.5. The first kappa shape index (κ1) is 14.3. The second-order valence-electron chi connectivity index (χ2n) is 4.28. The van der Waals surface area contributed by atoms with Crippen LogP contribution >= 0.6 is 0 Å². The average Bonchev–Trinajstić information content (AvgIpc) is 2.82. The van der Waals surface area contributed by atoms with Gasteiger partial charge in [-0.3, -0.25) is 0 Å². The number of hydrogen-bond acceptors (Lipinski definition) is 6. The highest BCUT2D eigenvalue weighted by atomic mass is 16.5. The number of nitrogens with one attached hydrogen (secondary N) is 1. The van der Waals surface area contributed by atoms with E-state index in [0.717, 1.165) is 12.7 Å². The lowest BCUT2D eigenvalue weighted by atomic mass is 10.2. The third-order valence-corrected chi connectivity index (χ3v) is 2.77. The quantitative estimate of drug-likeness (QED) is 0.517. The molecule has 1 N–H and O–H groups in total. The van der Waals surface area contributed by atoms with Crippen molar-refractivity contribution in [3.05, 3.63) is 52.9 Å². The smallest absolute Gasteiger partial charge is 0.352 e. The van der Waals surface area contributed by atoms with E-state index in [1.807, 2.05) is 19.1 Å². The number of ether oxygens (including phenoxy) is 2. The maximum absolute atomic E-state index is 11.5. The molecule has 106 valence electrons. The molecule has 21 heavy (non-hydrogen) atoms. The molecule has 0 aliphatic carbocycles. The van der Waals surface area contributed by atoms with Gasteiger partial charge in [-0.15, -0.1) is 0 Å². The summed E-state index contributed by atoms with van der Waals surface area (Å²) in [4.78, 5) is 22.9. The van der Waals surface area contributed by atoms with Crippen LogP contribution in [0.15, 0.2) is 47.4 Å². The van der Waals surface area contributed by atoms with Crippen LogP contribution in [0, 0.1) is 18.3 Å². The number of anilines is 1. The summed E-state index contributed by atoms with van der Waals surface area (Å²) in [5, 5.41) is 12.0. The molecule has 1 heterocycles. The zero-order valence-electron chi connectivity index (χ0n) is 11.5. The first-order valence-electron chi connectivity index (χ1n) is 6.05. The number of nitriles is 1. The van der Waals surface area contributed by atoms with Crippen molar-refractivity contribution >= 4 is 17.6 Å². The van der Waals surface area contributed by atoms with Crippen LogP contribution in [-0.4, -0.2) is 19.0 Å². The van der Waals surface area contributed by atoms with Crippen molar-refractivity contribution in [2.24, 2.45) is 0 Å². The Morgan fingerprint density at radius 2 is 2.00 bits per heavy atom. The summed E-state index contributed by atoms with van der Waals surface area (Å²) in [6.07, 6.45) is 1.18. The van der Waals surface area contributed by atoms with Crippen molar-refractivity contribution in [1.82, 2.24) is 0 Å². The average molecular weight is 284 g/mol. The topological polar surface area (TPSA) is 88.4 Å².